The van der Waals surface area contributed by atoms with Crippen LogP contribution in [0.3, 0.4) is 0 Å². The van der Waals surface area contributed by atoms with Gasteiger partial charge in [0.25, 0.3) is 5.56 Å². The molecule has 4 N–H and O–H groups in total. The SMILES string of the molecule is Nc1c(NCC(C2CC2)C2CC2)nc[nH]c1=O. The van der Waals surface area contributed by atoms with Crippen molar-refractivity contribution >= 4 is 11.5 Å². The van der Waals surface area contributed by atoms with E-state index in [4.69, 9.17) is 5.73 Å². The van der Waals surface area contributed by atoms with Crippen LogP contribution in [-0.2, 0) is 0 Å². The van der Waals surface area contributed by atoms with Crippen LogP contribution < -0.4 is 16.6 Å². The predicted octanol–water partition coefficient (Wildman–Crippen LogP) is 1.20. The van der Waals surface area contributed by atoms with Crippen LogP contribution in [0.4, 0.5) is 11.5 Å². The lowest BCUT2D eigenvalue weighted by Crippen LogP contribution is -2.22. The summed E-state index contributed by atoms with van der Waals surface area (Å²) in [5.74, 6) is 3.05. The van der Waals surface area contributed by atoms with E-state index in [0.717, 1.165) is 24.3 Å². The van der Waals surface area contributed by atoms with Crippen LogP contribution in [0.1, 0.15) is 25.7 Å². The molecule has 0 aliphatic heterocycles. The third kappa shape index (κ3) is 2.28. The zero-order valence-electron chi connectivity index (χ0n) is 9.78. The summed E-state index contributed by atoms with van der Waals surface area (Å²) in [6.45, 7) is 0.899. The van der Waals surface area contributed by atoms with Crippen LogP contribution in [0.15, 0.2) is 11.1 Å². The molecule has 2 saturated carbocycles. The highest BCUT2D eigenvalue weighted by Gasteiger charge is 2.41. The standard InChI is InChI=1S/C12H18N4O/c13-10-11(15-6-16-12(10)17)14-5-9(7-1-2-7)8-3-4-8/h6-9H,1-5,13H2,(H2,14,15,16,17). The molecule has 5 nitrogen and oxygen atoms in total. The normalized spacial score (nSPS) is 19.6. The molecule has 1 aromatic rings. The second-order valence-corrected chi connectivity index (χ2v) is 5.21. The summed E-state index contributed by atoms with van der Waals surface area (Å²) in [7, 11) is 0. The van der Waals surface area contributed by atoms with Crippen LogP contribution in [0.5, 0.6) is 0 Å². The maximum absolute atomic E-state index is 11.3. The number of anilines is 2. The molecule has 3 rings (SSSR count). The van der Waals surface area contributed by atoms with Crippen molar-refractivity contribution in [1.29, 1.82) is 0 Å². The summed E-state index contributed by atoms with van der Waals surface area (Å²) >= 11 is 0. The quantitative estimate of drug-likeness (QED) is 0.714. The molecule has 92 valence electrons. The highest BCUT2D eigenvalue weighted by molar-refractivity contribution is 5.58. The first kappa shape index (κ1) is 10.6. The molecule has 1 heterocycles. The minimum absolute atomic E-state index is 0.192. The van der Waals surface area contributed by atoms with E-state index in [1.54, 1.807) is 0 Å². The summed E-state index contributed by atoms with van der Waals surface area (Å²) in [4.78, 5) is 17.9. The number of nitrogens with one attached hydrogen (secondary N) is 2. The minimum atomic E-state index is -0.267. The lowest BCUT2D eigenvalue weighted by atomic mass is 9.98. The van der Waals surface area contributed by atoms with Gasteiger partial charge in [-0.25, -0.2) is 4.98 Å². The molecule has 0 amide bonds. The van der Waals surface area contributed by atoms with Crippen molar-refractivity contribution < 1.29 is 0 Å². The molecule has 0 unspecified atom stereocenters. The second kappa shape index (κ2) is 4.05. The van der Waals surface area contributed by atoms with E-state index in [1.165, 1.54) is 32.0 Å². The summed E-state index contributed by atoms with van der Waals surface area (Å²) in [6.07, 6.45) is 6.84. The predicted molar refractivity (Wildman–Crippen MR) is 66.7 cm³/mol. The van der Waals surface area contributed by atoms with Gasteiger partial charge in [0.1, 0.15) is 5.69 Å². The zero-order chi connectivity index (χ0) is 11.8. The Morgan fingerprint density at radius 1 is 1.41 bits per heavy atom. The van der Waals surface area contributed by atoms with Gasteiger partial charge in [-0.15, -0.1) is 0 Å². The van der Waals surface area contributed by atoms with E-state index >= 15 is 0 Å². The largest absolute Gasteiger partial charge is 0.391 e. The smallest absolute Gasteiger partial charge is 0.276 e. The minimum Gasteiger partial charge on any atom is -0.391 e. The number of H-pyrrole nitrogens is 1. The Morgan fingerprint density at radius 2 is 2.06 bits per heavy atom. The molecule has 2 fully saturated rings. The van der Waals surface area contributed by atoms with Gasteiger partial charge in [-0.2, -0.15) is 0 Å². The van der Waals surface area contributed by atoms with Gasteiger partial charge in [-0.05, 0) is 43.4 Å². The summed E-state index contributed by atoms with van der Waals surface area (Å²) in [5, 5.41) is 3.24. The molecule has 0 aromatic carbocycles. The summed E-state index contributed by atoms with van der Waals surface area (Å²) in [5.41, 5.74) is 5.61. The molecule has 0 bridgehead atoms. The Labute approximate surface area is 99.8 Å². The van der Waals surface area contributed by atoms with Gasteiger partial charge in [0.15, 0.2) is 5.82 Å². The number of rotatable bonds is 5. The Balaban J connectivity index is 1.66. The van der Waals surface area contributed by atoms with Crippen LogP contribution in [0.2, 0.25) is 0 Å². The molecule has 0 spiro atoms. The molecular weight excluding hydrogens is 216 g/mol. The molecule has 0 saturated heterocycles. The van der Waals surface area contributed by atoms with Crippen molar-refractivity contribution in [3.63, 3.8) is 0 Å². The first-order valence-corrected chi connectivity index (χ1v) is 6.32. The van der Waals surface area contributed by atoms with Crippen LogP contribution in [-0.4, -0.2) is 16.5 Å². The Bertz CT molecular complexity index is 450. The Kier molecular flexibility index (Phi) is 2.53. The molecule has 17 heavy (non-hydrogen) atoms. The van der Waals surface area contributed by atoms with Crippen molar-refractivity contribution in [2.24, 2.45) is 17.8 Å². The van der Waals surface area contributed by atoms with E-state index in [2.05, 4.69) is 15.3 Å². The zero-order valence-corrected chi connectivity index (χ0v) is 9.78. The first-order valence-electron chi connectivity index (χ1n) is 6.32. The van der Waals surface area contributed by atoms with Gasteiger partial charge in [-0.3, -0.25) is 4.79 Å². The molecule has 2 aliphatic rings. The lowest BCUT2D eigenvalue weighted by Gasteiger charge is -2.16. The van der Waals surface area contributed by atoms with Crippen LogP contribution in [0, 0.1) is 17.8 Å². The fourth-order valence-corrected chi connectivity index (χ4v) is 2.53. The lowest BCUT2D eigenvalue weighted by molar-refractivity contribution is 0.428. The number of nitrogens with two attached hydrogens (primary N) is 1. The van der Waals surface area contributed by atoms with E-state index < -0.39 is 0 Å². The summed E-state index contributed by atoms with van der Waals surface area (Å²) < 4.78 is 0. The first-order chi connectivity index (χ1) is 8.25. The average molecular weight is 234 g/mol. The van der Waals surface area contributed by atoms with E-state index in [1.807, 2.05) is 0 Å². The van der Waals surface area contributed by atoms with Crippen molar-refractivity contribution in [3.8, 4) is 0 Å². The van der Waals surface area contributed by atoms with Gasteiger partial charge >= 0.3 is 0 Å². The number of hydrogen-bond acceptors (Lipinski definition) is 4. The topological polar surface area (TPSA) is 83.8 Å². The van der Waals surface area contributed by atoms with Crippen molar-refractivity contribution in [1.82, 2.24) is 9.97 Å². The average Bonchev–Trinajstić information content (AvgIpc) is 3.14. The van der Waals surface area contributed by atoms with Gasteiger partial charge in [0, 0.05) is 6.54 Å². The Hall–Kier alpha value is -1.52. The van der Waals surface area contributed by atoms with Gasteiger partial charge in [0.05, 0.1) is 6.33 Å². The van der Waals surface area contributed by atoms with Crippen molar-refractivity contribution in [3.05, 3.63) is 16.7 Å². The molecule has 1 aromatic heterocycles. The fourth-order valence-electron chi connectivity index (χ4n) is 2.53. The molecular formula is C12H18N4O. The van der Waals surface area contributed by atoms with Crippen LogP contribution >= 0.6 is 0 Å². The number of hydrogen-bond donors (Lipinski definition) is 3. The van der Waals surface area contributed by atoms with Gasteiger partial charge < -0.3 is 16.0 Å². The van der Waals surface area contributed by atoms with Crippen LogP contribution in [0.25, 0.3) is 0 Å². The highest BCUT2D eigenvalue weighted by Crippen LogP contribution is 2.49. The van der Waals surface area contributed by atoms with Crippen molar-refractivity contribution in [2.75, 3.05) is 17.6 Å². The fraction of sp³-hybridized carbons (Fsp3) is 0.667. The van der Waals surface area contributed by atoms with Gasteiger partial charge in [0.2, 0.25) is 0 Å². The molecule has 0 atom stereocenters. The number of aromatic amines is 1. The molecule has 0 radical (unpaired) electrons. The number of aromatic nitrogens is 2. The van der Waals surface area contributed by atoms with E-state index in [-0.39, 0.29) is 11.2 Å². The molecule has 5 heteroatoms. The maximum Gasteiger partial charge on any atom is 0.276 e. The number of nitrogen functional groups attached to an aromatic ring is 1. The van der Waals surface area contributed by atoms with E-state index in [0.29, 0.717) is 5.82 Å². The second-order valence-electron chi connectivity index (χ2n) is 5.21. The van der Waals surface area contributed by atoms with E-state index in [9.17, 15) is 4.79 Å². The third-order valence-corrected chi connectivity index (χ3v) is 3.85. The molecule has 2 aliphatic carbocycles. The highest BCUT2D eigenvalue weighted by atomic mass is 16.1. The third-order valence-electron chi connectivity index (χ3n) is 3.85. The maximum atomic E-state index is 11.3. The van der Waals surface area contributed by atoms with Crippen molar-refractivity contribution in [2.45, 2.75) is 25.7 Å². The monoisotopic (exact) mass is 234 g/mol. The summed E-state index contributed by atoms with van der Waals surface area (Å²) in [6, 6.07) is 0. The van der Waals surface area contributed by atoms with Gasteiger partial charge in [-0.1, -0.05) is 0 Å². The Morgan fingerprint density at radius 3 is 2.65 bits per heavy atom. The number of nitrogens with zero attached hydrogens (tertiary/aromatic N) is 1.